The lowest BCUT2D eigenvalue weighted by Crippen LogP contribution is -1.83. The minimum atomic E-state index is 0.866. The van der Waals surface area contributed by atoms with Crippen LogP contribution in [0, 0.1) is 11.8 Å². The van der Waals surface area contributed by atoms with Crippen molar-refractivity contribution in [1.29, 1.82) is 0 Å². The normalized spacial score (nSPS) is 9.50. The topological polar surface area (TPSA) is 12.9 Å². The summed E-state index contributed by atoms with van der Waals surface area (Å²) < 4.78 is 0. The first-order valence-electron chi connectivity index (χ1n) is 4.74. The smallest absolute Gasteiger partial charge is 0.120 e. The molecule has 0 N–H and O–H groups in total. The summed E-state index contributed by atoms with van der Waals surface area (Å²) in [5.41, 5.74) is 0.880. The van der Waals surface area contributed by atoms with E-state index in [1.165, 1.54) is 5.39 Å². The van der Waals surface area contributed by atoms with E-state index in [0.717, 1.165) is 17.5 Å². The molecule has 14 heavy (non-hydrogen) atoms. The predicted molar refractivity (Wildman–Crippen MR) is 58.9 cm³/mol. The highest BCUT2D eigenvalue weighted by atomic mass is 14.7. The molecule has 0 aliphatic rings. The van der Waals surface area contributed by atoms with E-state index in [4.69, 9.17) is 0 Å². The molecule has 0 saturated carbocycles. The van der Waals surface area contributed by atoms with E-state index in [1.807, 2.05) is 31.3 Å². The standard InChI is InChI=1S/C13H11N/c1-2-3-8-13-12-7-5-4-6-11(12)9-10-14-13/h4-7,9-10H,2H2,1H3. The highest BCUT2D eigenvalue weighted by Gasteiger charge is 1.96. The Morgan fingerprint density at radius 3 is 2.93 bits per heavy atom. The fraction of sp³-hybridized carbons (Fsp3) is 0.154. The van der Waals surface area contributed by atoms with Crippen LogP contribution in [-0.2, 0) is 0 Å². The van der Waals surface area contributed by atoms with Gasteiger partial charge in [0.05, 0.1) is 0 Å². The minimum absolute atomic E-state index is 0.866. The molecular formula is C13H11N. The molecule has 2 rings (SSSR count). The van der Waals surface area contributed by atoms with Gasteiger partial charge >= 0.3 is 0 Å². The lowest BCUT2D eigenvalue weighted by Gasteiger charge is -1.97. The third-order valence-electron chi connectivity index (χ3n) is 2.06. The van der Waals surface area contributed by atoms with Crippen molar-refractivity contribution in [2.24, 2.45) is 0 Å². The molecule has 1 heteroatoms. The summed E-state index contributed by atoms with van der Waals surface area (Å²) in [5, 5.41) is 2.33. The second-order valence-electron chi connectivity index (χ2n) is 3.04. The van der Waals surface area contributed by atoms with Crippen molar-refractivity contribution in [3.8, 4) is 11.8 Å². The molecule has 1 aromatic heterocycles. The molecule has 2 aromatic rings. The Balaban J connectivity index is 2.65. The molecule has 0 bridgehead atoms. The lowest BCUT2D eigenvalue weighted by molar-refractivity contribution is 1.27. The van der Waals surface area contributed by atoms with Crippen molar-refractivity contribution in [1.82, 2.24) is 4.98 Å². The van der Waals surface area contributed by atoms with Gasteiger partial charge in [0.2, 0.25) is 0 Å². The van der Waals surface area contributed by atoms with E-state index in [-0.39, 0.29) is 0 Å². The minimum Gasteiger partial charge on any atom is -0.247 e. The zero-order valence-corrected chi connectivity index (χ0v) is 8.12. The summed E-state index contributed by atoms with van der Waals surface area (Å²) in [4.78, 5) is 4.27. The maximum absolute atomic E-state index is 4.27. The van der Waals surface area contributed by atoms with E-state index in [2.05, 4.69) is 29.0 Å². The van der Waals surface area contributed by atoms with E-state index < -0.39 is 0 Å². The third kappa shape index (κ3) is 1.60. The monoisotopic (exact) mass is 181 g/mol. The van der Waals surface area contributed by atoms with Crippen LogP contribution in [0.2, 0.25) is 0 Å². The van der Waals surface area contributed by atoms with Gasteiger partial charge in [-0.1, -0.05) is 37.1 Å². The van der Waals surface area contributed by atoms with Crippen LogP contribution in [0.3, 0.4) is 0 Å². The van der Waals surface area contributed by atoms with Gasteiger partial charge in [-0.05, 0) is 17.4 Å². The van der Waals surface area contributed by atoms with Crippen LogP contribution in [0.4, 0.5) is 0 Å². The average molecular weight is 181 g/mol. The molecule has 0 radical (unpaired) electrons. The molecule has 0 fully saturated rings. The van der Waals surface area contributed by atoms with Gasteiger partial charge in [-0.15, -0.1) is 0 Å². The Morgan fingerprint density at radius 2 is 2.07 bits per heavy atom. The summed E-state index contributed by atoms with van der Waals surface area (Å²) in [7, 11) is 0. The fourth-order valence-electron chi connectivity index (χ4n) is 1.39. The van der Waals surface area contributed by atoms with Gasteiger partial charge < -0.3 is 0 Å². The molecule has 0 unspecified atom stereocenters. The second kappa shape index (κ2) is 3.93. The molecule has 0 atom stereocenters. The van der Waals surface area contributed by atoms with Crippen molar-refractivity contribution >= 4 is 10.8 Å². The Kier molecular flexibility index (Phi) is 2.46. The number of hydrogen-bond donors (Lipinski definition) is 0. The maximum atomic E-state index is 4.27. The fourth-order valence-corrected chi connectivity index (χ4v) is 1.39. The molecule has 0 aliphatic carbocycles. The largest absolute Gasteiger partial charge is 0.247 e. The van der Waals surface area contributed by atoms with Crippen LogP contribution >= 0.6 is 0 Å². The molecular weight excluding hydrogens is 170 g/mol. The van der Waals surface area contributed by atoms with E-state index in [1.54, 1.807) is 0 Å². The van der Waals surface area contributed by atoms with Crippen molar-refractivity contribution in [2.75, 3.05) is 0 Å². The molecule has 0 saturated heterocycles. The molecule has 0 aliphatic heterocycles. The summed E-state index contributed by atoms with van der Waals surface area (Å²) in [6, 6.07) is 10.2. The molecule has 68 valence electrons. The van der Waals surface area contributed by atoms with Gasteiger partial charge in [-0.2, -0.15) is 0 Å². The summed E-state index contributed by atoms with van der Waals surface area (Å²) >= 11 is 0. The predicted octanol–water partition coefficient (Wildman–Crippen LogP) is 3.00. The molecule has 0 amide bonds. The van der Waals surface area contributed by atoms with Crippen molar-refractivity contribution in [2.45, 2.75) is 13.3 Å². The Hall–Kier alpha value is -1.81. The zero-order valence-electron chi connectivity index (χ0n) is 8.12. The second-order valence-corrected chi connectivity index (χ2v) is 3.04. The van der Waals surface area contributed by atoms with Crippen LogP contribution < -0.4 is 0 Å². The van der Waals surface area contributed by atoms with E-state index in [9.17, 15) is 0 Å². The van der Waals surface area contributed by atoms with Crippen LogP contribution in [0.25, 0.3) is 10.8 Å². The number of fused-ring (bicyclic) bond motifs is 1. The number of benzene rings is 1. The summed E-state index contributed by atoms with van der Waals surface area (Å²) in [6.07, 6.45) is 2.67. The van der Waals surface area contributed by atoms with E-state index in [0.29, 0.717) is 0 Å². The SMILES string of the molecule is CCC#Cc1nccc2ccccc12. The maximum Gasteiger partial charge on any atom is 0.120 e. The molecule has 1 heterocycles. The first-order valence-corrected chi connectivity index (χ1v) is 4.74. The van der Waals surface area contributed by atoms with Crippen molar-refractivity contribution < 1.29 is 0 Å². The van der Waals surface area contributed by atoms with Crippen molar-refractivity contribution in [3.05, 3.63) is 42.2 Å². The number of hydrogen-bond acceptors (Lipinski definition) is 1. The third-order valence-corrected chi connectivity index (χ3v) is 2.06. The van der Waals surface area contributed by atoms with Gasteiger partial charge in [0, 0.05) is 18.0 Å². The van der Waals surface area contributed by atoms with Gasteiger partial charge in [0.15, 0.2) is 0 Å². The van der Waals surface area contributed by atoms with Gasteiger partial charge in [-0.25, -0.2) is 4.98 Å². The van der Waals surface area contributed by atoms with Crippen LogP contribution in [0.5, 0.6) is 0 Å². The Morgan fingerprint density at radius 1 is 1.21 bits per heavy atom. The van der Waals surface area contributed by atoms with Gasteiger partial charge in [0.25, 0.3) is 0 Å². The number of aromatic nitrogens is 1. The summed E-state index contributed by atoms with van der Waals surface area (Å²) in [5.74, 6) is 6.12. The molecule has 1 nitrogen and oxygen atoms in total. The first-order chi connectivity index (χ1) is 6.92. The van der Waals surface area contributed by atoms with Crippen LogP contribution in [0.1, 0.15) is 19.0 Å². The number of nitrogens with zero attached hydrogens (tertiary/aromatic N) is 1. The number of pyridine rings is 1. The first kappa shape index (κ1) is 8.77. The highest BCUT2D eigenvalue weighted by Crippen LogP contribution is 2.14. The van der Waals surface area contributed by atoms with Crippen LogP contribution in [-0.4, -0.2) is 4.98 Å². The Bertz CT molecular complexity index is 498. The quantitative estimate of drug-likeness (QED) is 0.569. The van der Waals surface area contributed by atoms with E-state index >= 15 is 0 Å². The highest BCUT2D eigenvalue weighted by molar-refractivity contribution is 5.86. The Labute approximate surface area is 83.8 Å². The zero-order chi connectivity index (χ0) is 9.80. The van der Waals surface area contributed by atoms with Gasteiger partial charge in [-0.3, -0.25) is 0 Å². The van der Waals surface area contributed by atoms with Crippen molar-refractivity contribution in [3.63, 3.8) is 0 Å². The van der Waals surface area contributed by atoms with Gasteiger partial charge in [0.1, 0.15) is 5.69 Å². The number of rotatable bonds is 0. The molecule has 1 aromatic carbocycles. The lowest BCUT2D eigenvalue weighted by atomic mass is 10.1. The van der Waals surface area contributed by atoms with Crippen LogP contribution in [0.15, 0.2) is 36.5 Å². The average Bonchev–Trinajstić information content (AvgIpc) is 2.26. The molecule has 0 spiro atoms. The summed E-state index contributed by atoms with van der Waals surface area (Å²) in [6.45, 7) is 2.04.